The highest BCUT2D eigenvalue weighted by molar-refractivity contribution is 5.49. The maximum atomic E-state index is 3.55. The summed E-state index contributed by atoms with van der Waals surface area (Å²) in [6, 6.07) is 10.4. The van der Waals surface area contributed by atoms with Gasteiger partial charge in [-0.3, -0.25) is 0 Å². The van der Waals surface area contributed by atoms with E-state index in [0.717, 1.165) is 18.9 Å². The standard InChI is InChI=1S/C18H30N2/c1-5-18(19-6-2)16-7-9-17(10-8-16)20-12-11-14(3)13-15(20)4/h7-10,14-15,18-19H,5-6,11-13H2,1-4H3. The van der Waals surface area contributed by atoms with E-state index in [1.165, 1.54) is 30.6 Å². The fraction of sp³-hybridized carbons (Fsp3) is 0.667. The summed E-state index contributed by atoms with van der Waals surface area (Å²) in [7, 11) is 0. The molecule has 1 aromatic carbocycles. The maximum absolute atomic E-state index is 3.55. The van der Waals surface area contributed by atoms with Crippen LogP contribution in [0.3, 0.4) is 0 Å². The van der Waals surface area contributed by atoms with Crippen molar-refractivity contribution in [2.75, 3.05) is 18.0 Å². The number of nitrogens with zero attached hydrogens (tertiary/aromatic N) is 1. The second kappa shape index (κ2) is 7.12. The van der Waals surface area contributed by atoms with Gasteiger partial charge in [0.25, 0.3) is 0 Å². The van der Waals surface area contributed by atoms with E-state index in [1.54, 1.807) is 0 Å². The Morgan fingerprint density at radius 1 is 1.20 bits per heavy atom. The van der Waals surface area contributed by atoms with Crippen LogP contribution >= 0.6 is 0 Å². The predicted molar refractivity (Wildman–Crippen MR) is 88.4 cm³/mol. The Bertz CT molecular complexity index is 398. The number of nitrogens with one attached hydrogen (secondary N) is 1. The van der Waals surface area contributed by atoms with Crippen molar-refractivity contribution >= 4 is 5.69 Å². The summed E-state index contributed by atoms with van der Waals surface area (Å²) >= 11 is 0. The van der Waals surface area contributed by atoms with Crippen molar-refractivity contribution in [3.63, 3.8) is 0 Å². The van der Waals surface area contributed by atoms with Crippen LogP contribution in [-0.2, 0) is 0 Å². The number of piperidine rings is 1. The molecule has 0 saturated carbocycles. The average molecular weight is 274 g/mol. The molecule has 0 amide bonds. The van der Waals surface area contributed by atoms with E-state index in [4.69, 9.17) is 0 Å². The van der Waals surface area contributed by atoms with Gasteiger partial charge in [0.1, 0.15) is 0 Å². The van der Waals surface area contributed by atoms with Crippen LogP contribution in [0.15, 0.2) is 24.3 Å². The number of hydrogen-bond donors (Lipinski definition) is 1. The fourth-order valence-corrected chi connectivity index (χ4v) is 3.43. The Balaban J connectivity index is 2.07. The van der Waals surface area contributed by atoms with E-state index in [1.807, 2.05) is 0 Å². The third-order valence-electron chi connectivity index (χ3n) is 4.62. The highest BCUT2D eigenvalue weighted by atomic mass is 15.2. The van der Waals surface area contributed by atoms with Crippen LogP contribution in [-0.4, -0.2) is 19.1 Å². The first kappa shape index (κ1) is 15.4. The second-order valence-electron chi connectivity index (χ2n) is 6.28. The molecule has 0 aromatic heterocycles. The summed E-state index contributed by atoms with van der Waals surface area (Å²) in [5.74, 6) is 0.874. The normalized spacial score (nSPS) is 24.7. The Morgan fingerprint density at radius 3 is 2.45 bits per heavy atom. The van der Waals surface area contributed by atoms with Gasteiger partial charge in [-0.2, -0.15) is 0 Å². The zero-order chi connectivity index (χ0) is 14.5. The molecule has 20 heavy (non-hydrogen) atoms. The molecule has 2 rings (SSSR count). The van der Waals surface area contributed by atoms with Crippen molar-refractivity contribution in [2.45, 2.75) is 59.0 Å². The highest BCUT2D eigenvalue weighted by Crippen LogP contribution is 2.29. The molecule has 3 unspecified atom stereocenters. The van der Waals surface area contributed by atoms with Gasteiger partial charge in [0, 0.05) is 24.3 Å². The minimum Gasteiger partial charge on any atom is -0.369 e. The van der Waals surface area contributed by atoms with Crippen molar-refractivity contribution < 1.29 is 0 Å². The third-order valence-corrected chi connectivity index (χ3v) is 4.62. The van der Waals surface area contributed by atoms with Crippen LogP contribution in [0.4, 0.5) is 5.69 Å². The molecule has 0 radical (unpaired) electrons. The average Bonchev–Trinajstić information content (AvgIpc) is 2.45. The lowest BCUT2D eigenvalue weighted by molar-refractivity contribution is 0.378. The molecule has 1 heterocycles. The Kier molecular flexibility index (Phi) is 5.47. The number of hydrogen-bond acceptors (Lipinski definition) is 2. The van der Waals surface area contributed by atoms with Gasteiger partial charge in [-0.05, 0) is 56.3 Å². The van der Waals surface area contributed by atoms with E-state index in [-0.39, 0.29) is 0 Å². The first-order valence-electron chi connectivity index (χ1n) is 8.25. The molecular formula is C18H30N2. The zero-order valence-corrected chi connectivity index (χ0v) is 13.5. The second-order valence-corrected chi connectivity index (χ2v) is 6.28. The molecule has 1 fully saturated rings. The molecule has 1 saturated heterocycles. The summed E-state index contributed by atoms with van der Waals surface area (Å²) in [6.45, 7) is 11.4. The summed E-state index contributed by atoms with van der Waals surface area (Å²) in [4.78, 5) is 2.57. The molecule has 2 heteroatoms. The molecule has 0 bridgehead atoms. The molecule has 0 spiro atoms. The fourth-order valence-electron chi connectivity index (χ4n) is 3.43. The first-order valence-corrected chi connectivity index (χ1v) is 8.25. The van der Waals surface area contributed by atoms with Crippen LogP contribution in [0, 0.1) is 5.92 Å². The van der Waals surface area contributed by atoms with Gasteiger partial charge in [0.15, 0.2) is 0 Å². The van der Waals surface area contributed by atoms with E-state index in [0.29, 0.717) is 12.1 Å². The first-order chi connectivity index (χ1) is 9.65. The minimum atomic E-state index is 0.493. The van der Waals surface area contributed by atoms with Gasteiger partial charge >= 0.3 is 0 Å². The zero-order valence-electron chi connectivity index (χ0n) is 13.5. The molecule has 1 N–H and O–H groups in total. The lowest BCUT2D eigenvalue weighted by Gasteiger charge is -2.38. The van der Waals surface area contributed by atoms with Gasteiger partial charge in [-0.25, -0.2) is 0 Å². The van der Waals surface area contributed by atoms with Crippen molar-refractivity contribution in [3.05, 3.63) is 29.8 Å². The lowest BCUT2D eigenvalue weighted by atomic mass is 9.92. The third kappa shape index (κ3) is 3.54. The molecule has 0 aliphatic carbocycles. The van der Waals surface area contributed by atoms with Crippen molar-refractivity contribution in [1.29, 1.82) is 0 Å². The van der Waals surface area contributed by atoms with Gasteiger partial charge in [-0.15, -0.1) is 0 Å². The number of benzene rings is 1. The van der Waals surface area contributed by atoms with Gasteiger partial charge in [-0.1, -0.05) is 32.9 Å². The predicted octanol–water partition coefficient (Wildman–Crippen LogP) is 4.37. The Labute approximate surface area is 124 Å². The molecule has 3 atom stereocenters. The van der Waals surface area contributed by atoms with E-state index in [9.17, 15) is 0 Å². The molecule has 1 aliphatic rings. The smallest absolute Gasteiger partial charge is 0.0368 e. The van der Waals surface area contributed by atoms with Crippen LogP contribution in [0.5, 0.6) is 0 Å². The molecule has 1 aromatic rings. The van der Waals surface area contributed by atoms with Crippen LogP contribution in [0.2, 0.25) is 0 Å². The number of rotatable bonds is 5. The van der Waals surface area contributed by atoms with Gasteiger partial charge in [0.05, 0.1) is 0 Å². The molecular weight excluding hydrogens is 244 g/mol. The van der Waals surface area contributed by atoms with Crippen LogP contribution in [0.1, 0.15) is 58.6 Å². The van der Waals surface area contributed by atoms with E-state index >= 15 is 0 Å². The van der Waals surface area contributed by atoms with Gasteiger partial charge in [0.2, 0.25) is 0 Å². The van der Waals surface area contributed by atoms with Crippen molar-refractivity contribution in [3.8, 4) is 0 Å². The highest BCUT2D eigenvalue weighted by Gasteiger charge is 2.23. The molecule has 2 nitrogen and oxygen atoms in total. The largest absolute Gasteiger partial charge is 0.369 e. The Morgan fingerprint density at radius 2 is 1.90 bits per heavy atom. The SMILES string of the molecule is CCNC(CC)c1ccc(N2CCC(C)CC2C)cc1. The summed E-state index contributed by atoms with van der Waals surface area (Å²) in [5, 5.41) is 3.55. The lowest BCUT2D eigenvalue weighted by Crippen LogP contribution is -2.40. The van der Waals surface area contributed by atoms with E-state index in [2.05, 4.69) is 62.2 Å². The number of anilines is 1. The molecule has 1 aliphatic heterocycles. The summed E-state index contributed by atoms with van der Waals surface area (Å²) < 4.78 is 0. The summed E-state index contributed by atoms with van der Waals surface area (Å²) in [6.07, 6.45) is 3.78. The van der Waals surface area contributed by atoms with Crippen molar-refractivity contribution in [2.24, 2.45) is 5.92 Å². The van der Waals surface area contributed by atoms with Crippen LogP contribution < -0.4 is 10.2 Å². The van der Waals surface area contributed by atoms with Crippen LogP contribution in [0.25, 0.3) is 0 Å². The monoisotopic (exact) mass is 274 g/mol. The van der Waals surface area contributed by atoms with E-state index < -0.39 is 0 Å². The van der Waals surface area contributed by atoms with Crippen molar-refractivity contribution in [1.82, 2.24) is 5.32 Å². The quantitative estimate of drug-likeness (QED) is 0.857. The maximum Gasteiger partial charge on any atom is 0.0368 e. The molecule has 112 valence electrons. The Hall–Kier alpha value is -1.02. The van der Waals surface area contributed by atoms with Gasteiger partial charge < -0.3 is 10.2 Å². The summed E-state index contributed by atoms with van der Waals surface area (Å²) in [5.41, 5.74) is 2.80. The minimum absolute atomic E-state index is 0.493. The topological polar surface area (TPSA) is 15.3 Å².